The lowest BCUT2D eigenvalue weighted by Crippen LogP contribution is -2.01. The fraction of sp³-hybridized carbons (Fsp3) is 0.0833. The number of pyridine rings is 1. The Labute approximate surface area is 104 Å². The molecule has 0 bridgehead atoms. The van der Waals surface area contributed by atoms with Crippen LogP contribution >= 0.6 is 23.2 Å². The topological polar surface area (TPSA) is 24.9 Å². The third-order valence-electron chi connectivity index (χ3n) is 2.12. The van der Waals surface area contributed by atoms with Crippen molar-refractivity contribution in [3.05, 3.63) is 58.3 Å². The van der Waals surface area contributed by atoms with E-state index >= 15 is 0 Å². The van der Waals surface area contributed by atoms with Crippen LogP contribution in [0.4, 0.5) is 5.69 Å². The molecule has 2 nitrogen and oxygen atoms in total. The quantitative estimate of drug-likeness (QED) is 0.894. The van der Waals surface area contributed by atoms with Gasteiger partial charge in [-0.15, -0.1) is 0 Å². The van der Waals surface area contributed by atoms with Gasteiger partial charge in [-0.05, 0) is 30.3 Å². The van der Waals surface area contributed by atoms with Gasteiger partial charge in [-0.25, -0.2) is 0 Å². The summed E-state index contributed by atoms with van der Waals surface area (Å²) in [5.41, 5.74) is 1.82. The zero-order valence-corrected chi connectivity index (χ0v) is 9.96. The number of hydrogen-bond donors (Lipinski definition) is 1. The summed E-state index contributed by atoms with van der Waals surface area (Å²) in [6.07, 6.45) is 1.76. The molecule has 0 amide bonds. The van der Waals surface area contributed by atoms with E-state index in [0.29, 0.717) is 16.6 Å². The minimum Gasteiger partial charge on any atom is -0.378 e. The standard InChI is InChI=1S/C12H10Cl2N2/c13-9-4-5-12(11(14)7-9)16-8-10-3-1-2-6-15-10/h1-7,16H,8H2. The maximum Gasteiger partial charge on any atom is 0.0652 e. The molecule has 0 unspecified atom stereocenters. The highest BCUT2D eigenvalue weighted by Gasteiger charge is 2.00. The van der Waals surface area contributed by atoms with Crippen LogP contribution in [0.1, 0.15) is 5.69 Å². The summed E-state index contributed by atoms with van der Waals surface area (Å²) in [5.74, 6) is 0. The molecule has 0 spiro atoms. The van der Waals surface area contributed by atoms with Crippen molar-refractivity contribution in [3.8, 4) is 0 Å². The van der Waals surface area contributed by atoms with Crippen molar-refractivity contribution in [2.24, 2.45) is 0 Å². The smallest absolute Gasteiger partial charge is 0.0652 e. The van der Waals surface area contributed by atoms with Crippen LogP contribution in [-0.2, 0) is 6.54 Å². The summed E-state index contributed by atoms with van der Waals surface area (Å²) in [6.45, 7) is 0.641. The molecule has 0 saturated carbocycles. The van der Waals surface area contributed by atoms with E-state index < -0.39 is 0 Å². The van der Waals surface area contributed by atoms with Gasteiger partial charge in [-0.1, -0.05) is 29.3 Å². The third-order valence-corrected chi connectivity index (χ3v) is 2.67. The van der Waals surface area contributed by atoms with Gasteiger partial charge in [0.15, 0.2) is 0 Å². The van der Waals surface area contributed by atoms with E-state index in [1.807, 2.05) is 24.3 Å². The van der Waals surface area contributed by atoms with Gasteiger partial charge in [0.25, 0.3) is 0 Å². The lowest BCUT2D eigenvalue weighted by molar-refractivity contribution is 1.05. The maximum atomic E-state index is 6.03. The van der Waals surface area contributed by atoms with E-state index in [0.717, 1.165) is 11.4 Å². The Hall–Kier alpha value is -1.25. The number of rotatable bonds is 3. The Morgan fingerprint density at radius 3 is 2.69 bits per heavy atom. The Bertz CT molecular complexity index is 472. The number of halogens is 2. The van der Waals surface area contributed by atoms with Gasteiger partial charge in [0, 0.05) is 11.2 Å². The molecule has 0 radical (unpaired) electrons. The Kier molecular flexibility index (Phi) is 3.65. The number of anilines is 1. The largest absolute Gasteiger partial charge is 0.378 e. The van der Waals surface area contributed by atoms with Crippen molar-refractivity contribution < 1.29 is 0 Å². The molecule has 0 aliphatic rings. The van der Waals surface area contributed by atoms with Gasteiger partial charge in [-0.2, -0.15) is 0 Å². The van der Waals surface area contributed by atoms with Gasteiger partial charge in [-0.3, -0.25) is 4.98 Å². The molecule has 0 aliphatic carbocycles. The molecule has 1 aromatic carbocycles. The van der Waals surface area contributed by atoms with Crippen molar-refractivity contribution in [2.45, 2.75) is 6.54 Å². The van der Waals surface area contributed by atoms with Gasteiger partial charge >= 0.3 is 0 Å². The van der Waals surface area contributed by atoms with Crippen LogP contribution in [0.5, 0.6) is 0 Å². The highest BCUT2D eigenvalue weighted by atomic mass is 35.5. The number of nitrogens with one attached hydrogen (secondary N) is 1. The molecule has 1 N–H and O–H groups in total. The molecule has 1 aromatic heterocycles. The second kappa shape index (κ2) is 5.19. The predicted octanol–water partition coefficient (Wildman–Crippen LogP) is 4.00. The lowest BCUT2D eigenvalue weighted by atomic mass is 10.3. The molecule has 16 heavy (non-hydrogen) atoms. The summed E-state index contributed by atoms with van der Waals surface area (Å²) in [4.78, 5) is 4.21. The van der Waals surface area contributed by atoms with E-state index in [1.165, 1.54) is 0 Å². The zero-order valence-electron chi connectivity index (χ0n) is 8.45. The minimum atomic E-state index is 0.614. The van der Waals surface area contributed by atoms with Crippen LogP contribution < -0.4 is 5.32 Å². The highest BCUT2D eigenvalue weighted by Crippen LogP contribution is 2.25. The molecule has 4 heteroatoms. The zero-order chi connectivity index (χ0) is 11.4. The second-order valence-corrected chi connectivity index (χ2v) is 4.14. The van der Waals surface area contributed by atoms with Gasteiger partial charge in [0.2, 0.25) is 0 Å². The summed E-state index contributed by atoms with van der Waals surface area (Å²) in [5, 5.41) is 4.45. The highest BCUT2D eigenvalue weighted by molar-refractivity contribution is 6.36. The van der Waals surface area contributed by atoms with Crippen molar-refractivity contribution in [3.63, 3.8) is 0 Å². The van der Waals surface area contributed by atoms with Gasteiger partial charge < -0.3 is 5.32 Å². The van der Waals surface area contributed by atoms with Crippen LogP contribution in [0.15, 0.2) is 42.6 Å². The number of aromatic nitrogens is 1. The SMILES string of the molecule is Clc1ccc(NCc2ccccn2)c(Cl)c1. The van der Waals surface area contributed by atoms with Crippen LogP contribution in [0.2, 0.25) is 10.0 Å². The van der Waals surface area contributed by atoms with E-state index in [4.69, 9.17) is 23.2 Å². The molecular weight excluding hydrogens is 243 g/mol. The number of hydrogen-bond acceptors (Lipinski definition) is 2. The van der Waals surface area contributed by atoms with Crippen molar-refractivity contribution in [1.82, 2.24) is 4.98 Å². The first-order chi connectivity index (χ1) is 7.75. The summed E-state index contributed by atoms with van der Waals surface area (Å²) in [6, 6.07) is 11.2. The average Bonchev–Trinajstić information content (AvgIpc) is 2.29. The van der Waals surface area contributed by atoms with Crippen molar-refractivity contribution in [2.75, 3.05) is 5.32 Å². The van der Waals surface area contributed by atoms with Gasteiger partial charge in [0.1, 0.15) is 0 Å². The first kappa shape index (κ1) is 11.2. The van der Waals surface area contributed by atoms with Gasteiger partial charge in [0.05, 0.1) is 22.9 Å². The molecule has 2 rings (SSSR count). The predicted molar refractivity (Wildman–Crippen MR) is 68.0 cm³/mol. The maximum absolute atomic E-state index is 6.03. The first-order valence-corrected chi connectivity index (χ1v) is 5.60. The molecule has 0 saturated heterocycles. The van der Waals surface area contributed by atoms with Crippen LogP contribution in [0.25, 0.3) is 0 Å². The average molecular weight is 253 g/mol. The molecule has 0 fully saturated rings. The lowest BCUT2D eigenvalue weighted by Gasteiger charge is -2.07. The summed E-state index contributed by atoms with van der Waals surface area (Å²) in [7, 11) is 0. The molecule has 82 valence electrons. The Morgan fingerprint density at radius 1 is 1.12 bits per heavy atom. The van der Waals surface area contributed by atoms with E-state index in [2.05, 4.69) is 10.3 Å². The monoisotopic (exact) mass is 252 g/mol. The van der Waals surface area contributed by atoms with E-state index in [1.54, 1.807) is 18.3 Å². The van der Waals surface area contributed by atoms with Crippen molar-refractivity contribution >= 4 is 28.9 Å². The van der Waals surface area contributed by atoms with E-state index in [-0.39, 0.29) is 0 Å². The fourth-order valence-corrected chi connectivity index (χ4v) is 1.80. The fourth-order valence-electron chi connectivity index (χ4n) is 1.32. The molecule has 0 aliphatic heterocycles. The van der Waals surface area contributed by atoms with E-state index in [9.17, 15) is 0 Å². The molecule has 0 atom stereocenters. The Morgan fingerprint density at radius 2 is 2.00 bits per heavy atom. The number of benzene rings is 1. The molecule has 2 aromatic rings. The summed E-state index contributed by atoms with van der Waals surface area (Å²) >= 11 is 11.8. The summed E-state index contributed by atoms with van der Waals surface area (Å²) < 4.78 is 0. The van der Waals surface area contributed by atoms with Crippen LogP contribution in [-0.4, -0.2) is 4.98 Å². The van der Waals surface area contributed by atoms with Crippen molar-refractivity contribution in [1.29, 1.82) is 0 Å². The minimum absolute atomic E-state index is 0.614. The normalized spacial score (nSPS) is 10.1. The van der Waals surface area contributed by atoms with Crippen LogP contribution in [0.3, 0.4) is 0 Å². The Balaban J connectivity index is 2.05. The second-order valence-electron chi connectivity index (χ2n) is 3.30. The first-order valence-electron chi connectivity index (χ1n) is 4.84. The third kappa shape index (κ3) is 2.87. The molecular formula is C12H10Cl2N2. The van der Waals surface area contributed by atoms with Crippen LogP contribution in [0, 0.1) is 0 Å². The molecule has 1 heterocycles. The number of nitrogens with zero attached hydrogens (tertiary/aromatic N) is 1.